The van der Waals surface area contributed by atoms with Crippen LogP contribution in [0.2, 0.25) is 0 Å². The zero-order chi connectivity index (χ0) is 14.5. The molecule has 1 N–H and O–H groups in total. The second-order valence-corrected chi connectivity index (χ2v) is 5.12. The summed E-state index contributed by atoms with van der Waals surface area (Å²) in [7, 11) is 1.65. The Labute approximate surface area is 136 Å². The van der Waals surface area contributed by atoms with Crippen LogP contribution in [0.4, 0.5) is 0 Å². The Kier molecular flexibility index (Phi) is 6.18. The maximum Gasteiger partial charge on any atom is 0.241 e. The van der Waals surface area contributed by atoms with Crippen LogP contribution < -0.4 is 10.1 Å². The molecule has 1 fully saturated rings. The summed E-state index contributed by atoms with van der Waals surface area (Å²) in [5, 5.41) is 7.45. The second-order valence-electron chi connectivity index (χ2n) is 5.12. The third-order valence-corrected chi connectivity index (χ3v) is 3.61. The third kappa shape index (κ3) is 4.19. The standard InChI is InChI=1S/C15H20N4O2.ClH/c1-20-13-5-3-12(4-6-13)15-17-14(21-18-15)11-19-9-2-7-16-8-10-19;/h3-6,16H,2,7-11H2,1H3;1H. The van der Waals surface area contributed by atoms with Gasteiger partial charge in [0.05, 0.1) is 13.7 Å². The second kappa shape index (κ2) is 8.12. The molecule has 7 heteroatoms. The quantitative estimate of drug-likeness (QED) is 0.927. The smallest absolute Gasteiger partial charge is 0.241 e. The highest BCUT2D eigenvalue weighted by molar-refractivity contribution is 5.85. The number of hydrogen-bond acceptors (Lipinski definition) is 6. The minimum Gasteiger partial charge on any atom is -0.497 e. The Hall–Kier alpha value is -1.63. The molecule has 2 aromatic rings. The highest BCUT2D eigenvalue weighted by Crippen LogP contribution is 2.20. The fraction of sp³-hybridized carbons (Fsp3) is 0.467. The number of nitrogens with one attached hydrogen (secondary N) is 1. The van der Waals surface area contributed by atoms with Crippen LogP contribution in [0.15, 0.2) is 28.8 Å². The first-order valence-electron chi connectivity index (χ1n) is 7.25. The Balaban J connectivity index is 0.00000176. The summed E-state index contributed by atoms with van der Waals surface area (Å²) in [6.45, 7) is 4.88. The fourth-order valence-electron chi connectivity index (χ4n) is 2.43. The van der Waals surface area contributed by atoms with Gasteiger partial charge in [0.25, 0.3) is 0 Å². The first-order valence-corrected chi connectivity index (χ1v) is 7.25. The maximum absolute atomic E-state index is 5.36. The summed E-state index contributed by atoms with van der Waals surface area (Å²) < 4.78 is 10.5. The number of hydrogen-bond donors (Lipinski definition) is 1. The molecule has 22 heavy (non-hydrogen) atoms. The topological polar surface area (TPSA) is 63.4 Å². The molecule has 1 aromatic carbocycles. The molecule has 0 radical (unpaired) electrons. The summed E-state index contributed by atoms with van der Waals surface area (Å²) in [5.41, 5.74) is 0.934. The number of benzene rings is 1. The van der Waals surface area contributed by atoms with Gasteiger partial charge in [-0.1, -0.05) is 5.16 Å². The molecule has 3 rings (SSSR count). The van der Waals surface area contributed by atoms with Gasteiger partial charge in [0.15, 0.2) is 0 Å². The van der Waals surface area contributed by atoms with Gasteiger partial charge in [0.1, 0.15) is 5.75 Å². The van der Waals surface area contributed by atoms with Gasteiger partial charge >= 0.3 is 0 Å². The van der Waals surface area contributed by atoms with E-state index in [1.54, 1.807) is 7.11 Å². The Morgan fingerprint density at radius 2 is 2.05 bits per heavy atom. The molecule has 1 aromatic heterocycles. The third-order valence-electron chi connectivity index (χ3n) is 3.61. The SMILES string of the molecule is COc1ccc(-c2noc(CN3CCCNCC3)n2)cc1.Cl. The monoisotopic (exact) mass is 324 g/mol. The molecule has 0 amide bonds. The van der Waals surface area contributed by atoms with Crippen molar-refractivity contribution in [3.8, 4) is 17.1 Å². The van der Waals surface area contributed by atoms with Gasteiger partial charge in [-0.05, 0) is 43.8 Å². The highest BCUT2D eigenvalue weighted by atomic mass is 35.5. The van der Waals surface area contributed by atoms with Crippen LogP contribution in [0.1, 0.15) is 12.3 Å². The van der Waals surface area contributed by atoms with E-state index >= 15 is 0 Å². The number of halogens is 1. The van der Waals surface area contributed by atoms with Crippen LogP contribution >= 0.6 is 12.4 Å². The molecule has 0 aliphatic carbocycles. The molecule has 0 saturated carbocycles. The van der Waals surface area contributed by atoms with Gasteiger partial charge in [-0.2, -0.15) is 4.98 Å². The lowest BCUT2D eigenvalue weighted by Gasteiger charge is -2.16. The largest absolute Gasteiger partial charge is 0.497 e. The number of ether oxygens (including phenoxy) is 1. The van der Waals surface area contributed by atoms with E-state index in [2.05, 4.69) is 20.4 Å². The zero-order valence-electron chi connectivity index (χ0n) is 12.6. The maximum atomic E-state index is 5.36. The van der Waals surface area contributed by atoms with Gasteiger partial charge in [0.2, 0.25) is 11.7 Å². The Morgan fingerprint density at radius 3 is 2.82 bits per heavy atom. The molecule has 0 bridgehead atoms. The van der Waals surface area contributed by atoms with Gasteiger partial charge < -0.3 is 14.6 Å². The Morgan fingerprint density at radius 1 is 1.23 bits per heavy atom. The molecule has 6 nitrogen and oxygen atoms in total. The van der Waals surface area contributed by atoms with Crippen molar-refractivity contribution in [2.24, 2.45) is 0 Å². The van der Waals surface area contributed by atoms with Crippen molar-refractivity contribution in [3.63, 3.8) is 0 Å². The van der Waals surface area contributed by atoms with E-state index < -0.39 is 0 Å². The van der Waals surface area contributed by atoms with E-state index in [9.17, 15) is 0 Å². The molecule has 1 saturated heterocycles. The number of methoxy groups -OCH3 is 1. The van der Waals surface area contributed by atoms with Crippen molar-refractivity contribution in [1.29, 1.82) is 0 Å². The lowest BCUT2D eigenvalue weighted by Crippen LogP contribution is -2.27. The van der Waals surface area contributed by atoms with E-state index in [1.807, 2.05) is 24.3 Å². The molecule has 2 heterocycles. The van der Waals surface area contributed by atoms with Crippen molar-refractivity contribution in [3.05, 3.63) is 30.2 Å². The van der Waals surface area contributed by atoms with Crippen LogP contribution in [-0.2, 0) is 6.54 Å². The summed E-state index contributed by atoms with van der Waals surface area (Å²) in [6.07, 6.45) is 1.15. The predicted octanol–water partition coefficient (Wildman–Crippen LogP) is 1.96. The molecule has 1 aliphatic heterocycles. The van der Waals surface area contributed by atoms with Crippen molar-refractivity contribution in [1.82, 2.24) is 20.4 Å². The number of rotatable bonds is 4. The van der Waals surface area contributed by atoms with Crippen molar-refractivity contribution >= 4 is 12.4 Å². The molecule has 0 atom stereocenters. The van der Waals surface area contributed by atoms with Crippen molar-refractivity contribution in [2.45, 2.75) is 13.0 Å². The van der Waals surface area contributed by atoms with Gasteiger partial charge in [-0.3, -0.25) is 4.90 Å². The zero-order valence-corrected chi connectivity index (χ0v) is 13.4. The van der Waals surface area contributed by atoms with Gasteiger partial charge in [0, 0.05) is 18.7 Å². The van der Waals surface area contributed by atoms with E-state index in [4.69, 9.17) is 9.26 Å². The molecule has 1 aliphatic rings. The summed E-state index contributed by atoms with van der Waals surface area (Å²) in [4.78, 5) is 6.82. The van der Waals surface area contributed by atoms with Crippen molar-refractivity contribution in [2.75, 3.05) is 33.3 Å². The normalized spacial score (nSPS) is 15.9. The van der Waals surface area contributed by atoms with Crippen LogP contribution in [0.5, 0.6) is 5.75 Å². The van der Waals surface area contributed by atoms with Crippen LogP contribution in [0.25, 0.3) is 11.4 Å². The van der Waals surface area contributed by atoms with Crippen molar-refractivity contribution < 1.29 is 9.26 Å². The first kappa shape index (κ1) is 16.7. The Bertz CT molecular complexity index is 565. The number of nitrogens with zero attached hydrogens (tertiary/aromatic N) is 3. The van der Waals surface area contributed by atoms with Crippen LogP contribution in [0.3, 0.4) is 0 Å². The minimum absolute atomic E-state index is 0. The van der Waals surface area contributed by atoms with E-state index in [-0.39, 0.29) is 12.4 Å². The van der Waals surface area contributed by atoms with Gasteiger partial charge in [-0.15, -0.1) is 12.4 Å². The summed E-state index contributed by atoms with van der Waals surface area (Å²) in [5.74, 6) is 2.11. The molecule has 0 spiro atoms. The van der Waals surface area contributed by atoms with Crippen LogP contribution in [-0.4, -0.2) is 48.3 Å². The lowest BCUT2D eigenvalue weighted by atomic mass is 10.2. The van der Waals surface area contributed by atoms with Crippen LogP contribution in [0, 0.1) is 0 Å². The highest BCUT2D eigenvalue weighted by Gasteiger charge is 2.14. The average molecular weight is 325 g/mol. The molecule has 0 unspecified atom stereocenters. The lowest BCUT2D eigenvalue weighted by molar-refractivity contribution is 0.239. The van der Waals surface area contributed by atoms with Gasteiger partial charge in [-0.25, -0.2) is 0 Å². The fourth-order valence-corrected chi connectivity index (χ4v) is 2.43. The predicted molar refractivity (Wildman–Crippen MR) is 86.3 cm³/mol. The molecule has 120 valence electrons. The molecular weight excluding hydrogens is 304 g/mol. The minimum atomic E-state index is 0. The van der Waals surface area contributed by atoms with E-state index in [0.29, 0.717) is 18.3 Å². The summed E-state index contributed by atoms with van der Waals surface area (Å²) in [6, 6.07) is 7.66. The van der Waals surface area contributed by atoms with E-state index in [0.717, 1.165) is 43.9 Å². The van der Waals surface area contributed by atoms with E-state index in [1.165, 1.54) is 0 Å². The summed E-state index contributed by atoms with van der Waals surface area (Å²) >= 11 is 0. The number of aromatic nitrogens is 2. The average Bonchev–Trinajstić information content (AvgIpc) is 2.83. The first-order chi connectivity index (χ1) is 10.3. The molecular formula is C15H21ClN4O2.